The van der Waals surface area contributed by atoms with Crippen LogP contribution in [0.5, 0.6) is 0 Å². The van der Waals surface area contributed by atoms with Crippen LogP contribution in [0, 0.1) is 11.6 Å². The molecule has 0 aliphatic carbocycles. The smallest absolute Gasteiger partial charge is 0.263 e. The number of carbonyl (C=O) groups is 1. The summed E-state index contributed by atoms with van der Waals surface area (Å²) in [5.74, 6) is -2.50. The molecular weight excluding hydrogens is 262 g/mol. The van der Waals surface area contributed by atoms with Crippen molar-refractivity contribution in [3.8, 4) is 0 Å². The summed E-state index contributed by atoms with van der Waals surface area (Å²) in [6.45, 7) is 0.323. The summed E-state index contributed by atoms with van der Waals surface area (Å²) in [4.78, 5) is 13.4. The van der Waals surface area contributed by atoms with E-state index < -0.39 is 23.1 Å². The largest absolute Gasteiger partial charge is 0.326 e. The van der Waals surface area contributed by atoms with Gasteiger partial charge in [-0.25, -0.2) is 8.78 Å². The number of halogens is 2. The minimum Gasteiger partial charge on any atom is -0.326 e. The third-order valence-electron chi connectivity index (χ3n) is 3.01. The Morgan fingerprint density at radius 2 is 1.75 bits per heavy atom. The Labute approximate surface area is 115 Å². The standard InChI is InChI=1S/C15H14F2N2O/c1-19(11-5-2-4-10(8-11)9-18)15(20)14-12(16)6-3-7-13(14)17/h2-8H,9,18H2,1H3. The SMILES string of the molecule is CN(C(=O)c1c(F)cccc1F)c1cccc(CN)c1. The summed E-state index contributed by atoms with van der Waals surface area (Å²) < 4.78 is 27.2. The molecule has 0 bridgehead atoms. The average Bonchev–Trinajstić information content (AvgIpc) is 2.46. The molecule has 0 saturated heterocycles. The van der Waals surface area contributed by atoms with E-state index in [2.05, 4.69) is 0 Å². The molecule has 0 aliphatic rings. The van der Waals surface area contributed by atoms with E-state index in [-0.39, 0.29) is 0 Å². The minimum atomic E-state index is -0.878. The van der Waals surface area contributed by atoms with Crippen LogP contribution < -0.4 is 10.6 Å². The highest BCUT2D eigenvalue weighted by molar-refractivity contribution is 6.06. The number of anilines is 1. The molecule has 0 saturated carbocycles. The van der Waals surface area contributed by atoms with Crippen molar-refractivity contribution in [2.75, 3.05) is 11.9 Å². The van der Waals surface area contributed by atoms with Gasteiger partial charge in [-0.1, -0.05) is 18.2 Å². The lowest BCUT2D eigenvalue weighted by atomic mass is 10.1. The number of benzene rings is 2. The van der Waals surface area contributed by atoms with Crippen molar-refractivity contribution in [1.29, 1.82) is 0 Å². The molecule has 2 aromatic rings. The lowest BCUT2D eigenvalue weighted by Gasteiger charge is -2.18. The number of nitrogens with two attached hydrogens (primary N) is 1. The van der Waals surface area contributed by atoms with Crippen LogP contribution in [-0.2, 0) is 6.54 Å². The molecule has 2 rings (SSSR count). The van der Waals surface area contributed by atoms with E-state index in [1.165, 1.54) is 18.0 Å². The Morgan fingerprint density at radius 3 is 2.35 bits per heavy atom. The van der Waals surface area contributed by atoms with E-state index in [9.17, 15) is 13.6 Å². The van der Waals surface area contributed by atoms with Crippen molar-refractivity contribution in [3.05, 3.63) is 65.2 Å². The first-order chi connectivity index (χ1) is 9.54. The summed E-state index contributed by atoms with van der Waals surface area (Å²) in [7, 11) is 1.46. The highest BCUT2D eigenvalue weighted by Crippen LogP contribution is 2.20. The third kappa shape index (κ3) is 2.67. The van der Waals surface area contributed by atoms with E-state index in [1.54, 1.807) is 18.2 Å². The zero-order valence-corrected chi connectivity index (χ0v) is 10.9. The maximum Gasteiger partial charge on any atom is 0.263 e. The van der Waals surface area contributed by atoms with E-state index in [1.807, 2.05) is 6.07 Å². The normalized spacial score (nSPS) is 10.4. The van der Waals surface area contributed by atoms with E-state index in [0.29, 0.717) is 12.2 Å². The summed E-state index contributed by atoms with van der Waals surface area (Å²) in [6.07, 6.45) is 0. The Hall–Kier alpha value is -2.27. The first-order valence-electron chi connectivity index (χ1n) is 6.05. The number of rotatable bonds is 3. The molecule has 0 radical (unpaired) electrons. The summed E-state index contributed by atoms with van der Waals surface area (Å²) in [5.41, 5.74) is 6.33. The van der Waals surface area contributed by atoms with Crippen LogP contribution in [-0.4, -0.2) is 13.0 Å². The highest BCUT2D eigenvalue weighted by atomic mass is 19.1. The molecule has 2 aromatic carbocycles. The van der Waals surface area contributed by atoms with Gasteiger partial charge in [0, 0.05) is 19.3 Å². The summed E-state index contributed by atoms with van der Waals surface area (Å²) >= 11 is 0. The van der Waals surface area contributed by atoms with Crippen molar-refractivity contribution < 1.29 is 13.6 Å². The lowest BCUT2D eigenvalue weighted by molar-refractivity contribution is 0.0985. The predicted octanol–water partition coefficient (Wildman–Crippen LogP) is 2.70. The van der Waals surface area contributed by atoms with Crippen molar-refractivity contribution in [2.45, 2.75) is 6.54 Å². The first kappa shape index (κ1) is 14.1. The predicted molar refractivity (Wildman–Crippen MR) is 73.4 cm³/mol. The van der Waals surface area contributed by atoms with Gasteiger partial charge in [0.25, 0.3) is 5.91 Å². The molecule has 0 aromatic heterocycles. The maximum atomic E-state index is 13.6. The third-order valence-corrected chi connectivity index (χ3v) is 3.01. The van der Waals surface area contributed by atoms with E-state index >= 15 is 0 Å². The first-order valence-corrected chi connectivity index (χ1v) is 6.05. The quantitative estimate of drug-likeness (QED) is 0.937. The fraction of sp³-hybridized carbons (Fsp3) is 0.133. The molecule has 3 nitrogen and oxygen atoms in total. The van der Waals surface area contributed by atoms with Crippen molar-refractivity contribution in [2.24, 2.45) is 5.73 Å². The second-order valence-electron chi connectivity index (χ2n) is 4.33. The number of carbonyl (C=O) groups excluding carboxylic acids is 1. The summed E-state index contributed by atoms with van der Waals surface area (Å²) in [6, 6.07) is 10.3. The molecule has 0 unspecified atom stereocenters. The van der Waals surface area contributed by atoms with Gasteiger partial charge in [-0.2, -0.15) is 0 Å². The molecule has 0 spiro atoms. The molecule has 0 aliphatic heterocycles. The second-order valence-corrected chi connectivity index (χ2v) is 4.33. The van der Waals surface area contributed by atoms with Crippen LogP contribution in [0.2, 0.25) is 0 Å². The average molecular weight is 276 g/mol. The van der Waals surface area contributed by atoms with E-state index in [4.69, 9.17) is 5.73 Å². The molecule has 5 heteroatoms. The second kappa shape index (κ2) is 5.79. The Morgan fingerprint density at radius 1 is 1.15 bits per heavy atom. The molecule has 0 heterocycles. The van der Waals surface area contributed by atoms with Gasteiger partial charge in [-0.05, 0) is 29.8 Å². The Kier molecular flexibility index (Phi) is 4.10. The Balaban J connectivity index is 2.37. The molecule has 0 atom stereocenters. The fourth-order valence-corrected chi connectivity index (χ4v) is 1.88. The van der Waals surface area contributed by atoms with Gasteiger partial charge in [0.15, 0.2) is 0 Å². The highest BCUT2D eigenvalue weighted by Gasteiger charge is 2.21. The number of nitrogens with zero attached hydrogens (tertiary/aromatic N) is 1. The number of hydrogen-bond acceptors (Lipinski definition) is 2. The maximum absolute atomic E-state index is 13.6. The van der Waals surface area contributed by atoms with Crippen LogP contribution in [0.15, 0.2) is 42.5 Å². The Bertz CT molecular complexity index is 623. The van der Waals surface area contributed by atoms with Crippen LogP contribution in [0.3, 0.4) is 0 Å². The monoisotopic (exact) mass is 276 g/mol. The van der Waals surface area contributed by atoms with Crippen LogP contribution in [0.1, 0.15) is 15.9 Å². The van der Waals surface area contributed by atoms with Crippen LogP contribution in [0.25, 0.3) is 0 Å². The van der Waals surface area contributed by atoms with Gasteiger partial charge in [-0.15, -0.1) is 0 Å². The number of amides is 1. The minimum absolute atomic E-state index is 0.323. The van der Waals surface area contributed by atoms with Crippen molar-refractivity contribution >= 4 is 11.6 Å². The summed E-state index contributed by atoms with van der Waals surface area (Å²) in [5, 5.41) is 0. The van der Waals surface area contributed by atoms with Gasteiger partial charge < -0.3 is 10.6 Å². The molecule has 1 amide bonds. The lowest BCUT2D eigenvalue weighted by Crippen LogP contribution is -2.28. The van der Waals surface area contributed by atoms with Gasteiger partial charge in [0.05, 0.1) is 0 Å². The molecule has 104 valence electrons. The van der Waals surface area contributed by atoms with Gasteiger partial charge >= 0.3 is 0 Å². The van der Waals surface area contributed by atoms with Crippen molar-refractivity contribution in [3.63, 3.8) is 0 Å². The van der Waals surface area contributed by atoms with E-state index in [0.717, 1.165) is 17.7 Å². The van der Waals surface area contributed by atoms with Crippen molar-refractivity contribution in [1.82, 2.24) is 0 Å². The van der Waals surface area contributed by atoms with Gasteiger partial charge in [0.1, 0.15) is 17.2 Å². The van der Waals surface area contributed by atoms with Gasteiger partial charge in [0.2, 0.25) is 0 Å². The number of hydrogen-bond donors (Lipinski definition) is 1. The molecule has 2 N–H and O–H groups in total. The van der Waals surface area contributed by atoms with Gasteiger partial charge in [-0.3, -0.25) is 4.79 Å². The molecule has 20 heavy (non-hydrogen) atoms. The fourth-order valence-electron chi connectivity index (χ4n) is 1.88. The molecule has 0 fully saturated rings. The van der Waals surface area contributed by atoms with Crippen LogP contribution >= 0.6 is 0 Å². The zero-order valence-electron chi connectivity index (χ0n) is 10.9. The zero-order chi connectivity index (χ0) is 14.7. The molecular formula is C15H14F2N2O. The van der Waals surface area contributed by atoms with Crippen LogP contribution in [0.4, 0.5) is 14.5 Å². The topological polar surface area (TPSA) is 46.3 Å².